The lowest BCUT2D eigenvalue weighted by Gasteiger charge is -2.22. The summed E-state index contributed by atoms with van der Waals surface area (Å²) in [7, 11) is 0. The van der Waals surface area contributed by atoms with Crippen LogP contribution in [0, 0.1) is 0 Å². The fourth-order valence-electron chi connectivity index (χ4n) is 2.00. The highest BCUT2D eigenvalue weighted by molar-refractivity contribution is 5.80. The number of Topliss-reactive ketones (excluding diaryl/α,β-unsaturated/α-hetero) is 1. The second kappa shape index (κ2) is 6.57. The molecule has 17 heavy (non-hydrogen) atoms. The van der Waals surface area contributed by atoms with E-state index in [2.05, 4.69) is 5.32 Å². The van der Waals surface area contributed by atoms with Crippen LogP contribution in [0.15, 0.2) is 22.8 Å². The fourth-order valence-corrected chi connectivity index (χ4v) is 2.00. The Hall–Kier alpha value is -1.13. The molecule has 0 atom stereocenters. The van der Waals surface area contributed by atoms with Crippen molar-refractivity contribution in [1.29, 1.82) is 0 Å². The summed E-state index contributed by atoms with van der Waals surface area (Å²) in [5.41, 5.74) is 0. The molecule has 0 saturated carbocycles. The highest BCUT2D eigenvalue weighted by Gasteiger charge is 2.13. The first-order chi connectivity index (χ1) is 8.34. The van der Waals surface area contributed by atoms with E-state index in [1.54, 1.807) is 12.3 Å². The molecule has 1 aliphatic heterocycles. The van der Waals surface area contributed by atoms with Crippen LogP contribution in [0.1, 0.15) is 25.0 Å². The first-order valence-corrected chi connectivity index (χ1v) is 6.21. The Labute approximate surface area is 101 Å². The molecule has 1 N–H and O–H groups in total. The van der Waals surface area contributed by atoms with Crippen molar-refractivity contribution in [3.8, 4) is 0 Å². The van der Waals surface area contributed by atoms with Gasteiger partial charge in [0.1, 0.15) is 11.5 Å². The lowest BCUT2D eigenvalue weighted by molar-refractivity contribution is -0.120. The number of carbonyl (C=O) groups excluding carboxylic acids is 1. The maximum atomic E-state index is 11.6. The first-order valence-electron chi connectivity index (χ1n) is 6.21. The molecule has 2 heterocycles. The summed E-state index contributed by atoms with van der Waals surface area (Å²) in [4.78, 5) is 11.6. The van der Waals surface area contributed by atoms with Crippen LogP contribution >= 0.6 is 0 Å². The van der Waals surface area contributed by atoms with Crippen molar-refractivity contribution in [2.45, 2.75) is 31.8 Å². The van der Waals surface area contributed by atoms with Crippen LogP contribution < -0.4 is 5.32 Å². The van der Waals surface area contributed by atoms with Gasteiger partial charge in [-0.3, -0.25) is 4.79 Å². The molecule has 4 heteroatoms. The summed E-state index contributed by atoms with van der Waals surface area (Å²) in [6.07, 6.45) is 4.87. The fraction of sp³-hybridized carbons (Fsp3) is 0.615. The molecule has 4 nitrogen and oxygen atoms in total. The molecule has 94 valence electrons. The van der Waals surface area contributed by atoms with Crippen molar-refractivity contribution in [3.05, 3.63) is 24.2 Å². The molecule has 0 unspecified atom stereocenters. The van der Waals surface area contributed by atoms with Crippen LogP contribution in [0.25, 0.3) is 0 Å². The van der Waals surface area contributed by atoms with Gasteiger partial charge in [-0.1, -0.05) is 0 Å². The Bertz CT molecular complexity index is 328. The molecule has 1 aliphatic rings. The van der Waals surface area contributed by atoms with E-state index in [0.717, 1.165) is 31.7 Å². The van der Waals surface area contributed by atoms with Gasteiger partial charge in [-0.2, -0.15) is 0 Å². The third kappa shape index (κ3) is 4.32. The Morgan fingerprint density at radius 3 is 3.00 bits per heavy atom. The van der Waals surface area contributed by atoms with Crippen LogP contribution in [0.3, 0.4) is 0 Å². The minimum Gasteiger partial charge on any atom is -0.469 e. The van der Waals surface area contributed by atoms with E-state index in [-0.39, 0.29) is 5.78 Å². The zero-order valence-electron chi connectivity index (χ0n) is 9.98. The molecule has 0 aliphatic carbocycles. The molecule has 0 radical (unpaired) electrons. The van der Waals surface area contributed by atoms with Gasteiger partial charge < -0.3 is 14.5 Å². The number of furan rings is 1. The van der Waals surface area contributed by atoms with Crippen molar-refractivity contribution in [2.75, 3.05) is 19.7 Å². The summed E-state index contributed by atoms with van der Waals surface area (Å²) in [6.45, 7) is 2.57. The highest BCUT2D eigenvalue weighted by Crippen LogP contribution is 2.08. The normalized spacial score (nSPS) is 17.2. The lowest BCUT2D eigenvalue weighted by atomic mass is 10.1. The van der Waals surface area contributed by atoms with E-state index < -0.39 is 0 Å². The number of piperidine rings is 1. The molecule has 1 saturated heterocycles. The van der Waals surface area contributed by atoms with Crippen LogP contribution in [-0.4, -0.2) is 31.6 Å². The van der Waals surface area contributed by atoms with Gasteiger partial charge in [0, 0.05) is 6.42 Å². The van der Waals surface area contributed by atoms with Crippen molar-refractivity contribution in [2.24, 2.45) is 0 Å². The van der Waals surface area contributed by atoms with Crippen LogP contribution in [0.4, 0.5) is 0 Å². The molecule has 2 rings (SSSR count). The Balaban J connectivity index is 1.59. The molecule has 0 bridgehead atoms. The first kappa shape index (κ1) is 12.3. The van der Waals surface area contributed by atoms with E-state index in [0.29, 0.717) is 25.6 Å². The second-order valence-corrected chi connectivity index (χ2v) is 4.36. The number of rotatable bonds is 6. The molecule has 0 aromatic carbocycles. The Kier molecular flexibility index (Phi) is 4.76. The second-order valence-electron chi connectivity index (χ2n) is 4.36. The molecular formula is C13H19NO3. The number of hydrogen-bond donors (Lipinski definition) is 1. The minimum absolute atomic E-state index is 0.175. The number of hydrogen-bond acceptors (Lipinski definition) is 4. The molecule has 1 aromatic heterocycles. The predicted octanol–water partition coefficient (Wildman–Crippen LogP) is 1.55. The summed E-state index contributed by atoms with van der Waals surface area (Å²) >= 11 is 0. The number of nitrogens with one attached hydrogen (secondary N) is 1. The van der Waals surface area contributed by atoms with Gasteiger partial charge in [0.05, 0.1) is 25.4 Å². The monoisotopic (exact) mass is 237 g/mol. The van der Waals surface area contributed by atoms with E-state index in [9.17, 15) is 4.79 Å². The van der Waals surface area contributed by atoms with Gasteiger partial charge >= 0.3 is 0 Å². The average Bonchev–Trinajstić information content (AvgIpc) is 2.83. The van der Waals surface area contributed by atoms with Gasteiger partial charge in [-0.15, -0.1) is 0 Å². The van der Waals surface area contributed by atoms with E-state index in [4.69, 9.17) is 9.15 Å². The van der Waals surface area contributed by atoms with E-state index in [1.807, 2.05) is 6.07 Å². The zero-order valence-corrected chi connectivity index (χ0v) is 9.98. The van der Waals surface area contributed by atoms with Crippen LogP contribution in [0.5, 0.6) is 0 Å². The van der Waals surface area contributed by atoms with E-state index in [1.165, 1.54) is 0 Å². The van der Waals surface area contributed by atoms with Crippen molar-refractivity contribution >= 4 is 5.78 Å². The van der Waals surface area contributed by atoms with Gasteiger partial charge in [0.2, 0.25) is 0 Å². The third-order valence-electron chi connectivity index (χ3n) is 2.97. The van der Waals surface area contributed by atoms with Crippen molar-refractivity contribution in [1.82, 2.24) is 5.32 Å². The van der Waals surface area contributed by atoms with Crippen LogP contribution in [0.2, 0.25) is 0 Å². The minimum atomic E-state index is 0.175. The smallest absolute Gasteiger partial charge is 0.142 e. The predicted molar refractivity (Wildman–Crippen MR) is 63.9 cm³/mol. The standard InChI is InChI=1S/C13H19NO3/c15-11(10-13-2-1-8-16-13)5-9-17-12-3-6-14-7-4-12/h1-2,8,12,14H,3-7,9-10H2. The highest BCUT2D eigenvalue weighted by atomic mass is 16.5. The van der Waals surface area contributed by atoms with Crippen molar-refractivity contribution < 1.29 is 13.9 Å². The quantitative estimate of drug-likeness (QED) is 0.815. The molecule has 1 aromatic rings. The molecule has 0 spiro atoms. The molecular weight excluding hydrogens is 218 g/mol. The average molecular weight is 237 g/mol. The maximum Gasteiger partial charge on any atom is 0.142 e. The maximum absolute atomic E-state index is 11.6. The Morgan fingerprint density at radius 1 is 1.47 bits per heavy atom. The summed E-state index contributed by atoms with van der Waals surface area (Å²) in [5.74, 6) is 0.908. The van der Waals surface area contributed by atoms with Gasteiger partial charge in [-0.05, 0) is 38.1 Å². The van der Waals surface area contributed by atoms with Crippen molar-refractivity contribution in [3.63, 3.8) is 0 Å². The number of carbonyl (C=O) groups is 1. The SMILES string of the molecule is O=C(CCOC1CCNCC1)Cc1ccco1. The van der Waals surface area contributed by atoms with Gasteiger partial charge in [0.15, 0.2) is 0 Å². The summed E-state index contributed by atoms with van der Waals surface area (Å²) in [6, 6.07) is 3.62. The van der Waals surface area contributed by atoms with Gasteiger partial charge in [-0.25, -0.2) is 0 Å². The Morgan fingerprint density at radius 2 is 2.29 bits per heavy atom. The molecule has 1 fully saturated rings. The summed E-state index contributed by atoms with van der Waals surface area (Å²) in [5, 5.41) is 3.28. The molecule has 0 amide bonds. The third-order valence-corrected chi connectivity index (χ3v) is 2.97. The number of ether oxygens (including phenoxy) is 1. The topological polar surface area (TPSA) is 51.5 Å². The van der Waals surface area contributed by atoms with Crippen LogP contribution in [-0.2, 0) is 16.0 Å². The summed E-state index contributed by atoms with van der Waals surface area (Å²) < 4.78 is 10.8. The largest absolute Gasteiger partial charge is 0.469 e. The van der Waals surface area contributed by atoms with Gasteiger partial charge in [0.25, 0.3) is 0 Å². The lowest BCUT2D eigenvalue weighted by Crippen LogP contribution is -2.32. The van der Waals surface area contributed by atoms with E-state index >= 15 is 0 Å². The number of ketones is 1. The zero-order chi connectivity index (χ0) is 11.9.